The van der Waals surface area contributed by atoms with Crippen LogP contribution < -0.4 is 5.32 Å². The van der Waals surface area contributed by atoms with Gasteiger partial charge >= 0.3 is 0 Å². The third-order valence-corrected chi connectivity index (χ3v) is 4.21. The monoisotopic (exact) mass is 247 g/mol. The van der Waals surface area contributed by atoms with Gasteiger partial charge in [-0.15, -0.1) is 0 Å². The smallest absolute Gasteiger partial charge is 0.0769 e. The lowest BCUT2D eigenvalue weighted by Crippen LogP contribution is -2.45. The van der Waals surface area contributed by atoms with Crippen LogP contribution in [0.15, 0.2) is 18.3 Å². The first-order valence-electron chi connectivity index (χ1n) is 7.00. The van der Waals surface area contributed by atoms with E-state index in [4.69, 9.17) is 4.74 Å². The molecule has 4 nitrogen and oxygen atoms in total. The highest BCUT2D eigenvalue weighted by molar-refractivity contribution is 5.00. The predicted molar refractivity (Wildman–Crippen MR) is 69.0 cm³/mol. The second kappa shape index (κ2) is 5.33. The van der Waals surface area contributed by atoms with E-state index in [0.29, 0.717) is 6.04 Å². The number of rotatable bonds is 3. The van der Waals surface area contributed by atoms with Crippen LogP contribution in [-0.4, -0.2) is 28.4 Å². The van der Waals surface area contributed by atoms with Gasteiger partial charge in [0, 0.05) is 25.4 Å². The molecule has 1 aliphatic carbocycles. The molecule has 1 spiro atoms. The summed E-state index contributed by atoms with van der Waals surface area (Å²) in [4.78, 5) is 0. The van der Waals surface area contributed by atoms with Gasteiger partial charge in [-0.1, -0.05) is 12.8 Å². The highest BCUT2D eigenvalue weighted by atomic mass is 16.5. The Morgan fingerprint density at radius 2 is 2.28 bits per heavy atom. The van der Waals surface area contributed by atoms with Crippen molar-refractivity contribution in [3.05, 3.63) is 24.0 Å². The van der Waals surface area contributed by atoms with E-state index in [2.05, 4.69) is 15.5 Å². The minimum atomic E-state index is 0.193. The molecule has 1 unspecified atom stereocenters. The molecule has 1 aromatic heterocycles. The fourth-order valence-corrected chi connectivity index (χ4v) is 3.25. The SMILES string of the molecule is c1cnnc(CNC2CCOC3(CCCC3)C2)c1. The van der Waals surface area contributed by atoms with Gasteiger partial charge in [0.15, 0.2) is 0 Å². The molecule has 98 valence electrons. The summed E-state index contributed by atoms with van der Waals surface area (Å²) in [5.74, 6) is 0. The molecule has 18 heavy (non-hydrogen) atoms. The molecule has 2 fully saturated rings. The molecule has 0 aromatic carbocycles. The van der Waals surface area contributed by atoms with Gasteiger partial charge in [-0.25, -0.2) is 0 Å². The average molecular weight is 247 g/mol. The fourth-order valence-electron chi connectivity index (χ4n) is 3.25. The van der Waals surface area contributed by atoms with Crippen molar-refractivity contribution in [1.29, 1.82) is 0 Å². The number of nitrogens with one attached hydrogen (secondary N) is 1. The first kappa shape index (κ1) is 12.1. The lowest BCUT2D eigenvalue weighted by Gasteiger charge is -2.38. The third-order valence-electron chi connectivity index (χ3n) is 4.21. The Balaban J connectivity index is 1.54. The van der Waals surface area contributed by atoms with E-state index in [9.17, 15) is 0 Å². The van der Waals surface area contributed by atoms with Crippen molar-refractivity contribution in [2.24, 2.45) is 0 Å². The predicted octanol–water partition coefficient (Wildman–Crippen LogP) is 2.06. The van der Waals surface area contributed by atoms with Crippen LogP contribution in [-0.2, 0) is 11.3 Å². The highest BCUT2D eigenvalue weighted by Gasteiger charge is 2.39. The lowest BCUT2D eigenvalue weighted by molar-refractivity contribution is -0.0838. The van der Waals surface area contributed by atoms with E-state index < -0.39 is 0 Å². The first-order chi connectivity index (χ1) is 8.86. The van der Waals surface area contributed by atoms with Crippen LogP contribution in [0, 0.1) is 0 Å². The summed E-state index contributed by atoms with van der Waals surface area (Å²) in [7, 11) is 0. The van der Waals surface area contributed by atoms with E-state index in [-0.39, 0.29) is 5.60 Å². The molecule has 1 N–H and O–H groups in total. The third kappa shape index (κ3) is 2.70. The van der Waals surface area contributed by atoms with Crippen molar-refractivity contribution in [3.8, 4) is 0 Å². The Hall–Kier alpha value is -1.00. The summed E-state index contributed by atoms with van der Waals surface area (Å²) in [5, 5.41) is 11.6. The van der Waals surface area contributed by atoms with Gasteiger partial charge in [-0.2, -0.15) is 10.2 Å². The van der Waals surface area contributed by atoms with Crippen LogP contribution in [0.5, 0.6) is 0 Å². The van der Waals surface area contributed by atoms with E-state index in [1.165, 1.54) is 25.7 Å². The number of aromatic nitrogens is 2. The maximum absolute atomic E-state index is 6.04. The van der Waals surface area contributed by atoms with Gasteiger partial charge in [0.2, 0.25) is 0 Å². The Labute approximate surface area is 108 Å². The zero-order chi connectivity index (χ0) is 12.3. The first-order valence-corrected chi connectivity index (χ1v) is 7.00. The molecule has 4 heteroatoms. The lowest BCUT2D eigenvalue weighted by atomic mass is 9.89. The summed E-state index contributed by atoms with van der Waals surface area (Å²) in [6.45, 7) is 1.72. The average Bonchev–Trinajstić information content (AvgIpc) is 2.86. The minimum absolute atomic E-state index is 0.193. The molecule has 0 bridgehead atoms. The maximum Gasteiger partial charge on any atom is 0.0769 e. The highest BCUT2D eigenvalue weighted by Crippen LogP contribution is 2.39. The zero-order valence-electron chi connectivity index (χ0n) is 10.8. The summed E-state index contributed by atoms with van der Waals surface area (Å²) < 4.78 is 6.04. The quantitative estimate of drug-likeness (QED) is 0.888. The number of hydrogen-bond acceptors (Lipinski definition) is 4. The summed E-state index contributed by atoms with van der Waals surface area (Å²) >= 11 is 0. The van der Waals surface area contributed by atoms with E-state index >= 15 is 0 Å². The van der Waals surface area contributed by atoms with Crippen LogP contribution in [0.4, 0.5) is 0 Å². The summed E-state index contributed by atoms with van der Waals surface area (Å²) in [5.41, 5.74) is 1.21. The van der Waals surface area contributed by atoms with Gasteiger partial charge in [0.25, 0.3) is 0 Å². The van der Waals surface area contributed by atoms with E-state index in [1.54, 1.807) is 6.20 Å². The van der Waals surface area contributed by atoms with Gasteiger partial charge in [-0.05, 0) is 37.8 Å². The van der Waals surface area contributed by atoms with Crippen molar-refractivity contribution >= 4 is 0 Å². The molecule has 1 saturated carbocycles. The van der Waals surface area contributed by atoms with Crippen LogP contribution in [0.2, 0.25) is 0 Å². The van der Waals surface area contributed by atoms with Crippen molar-refractivity contribution in [1.82, 2.24) is 15.5 Å². The molecule has 1 saturated heterocycles. The molecular weight excluding hydrogens is 226 g/mol. The van der Waals surface area contributed by atoms with Gasteiger partial charge in [-0.3, -0.25) is 0 Å². The standard InChI is InChI=1S/C14H21N3O/c1-2-7-14(6-1)10-12(5-9-18-14)15-11-13-4-3-8-16-17-13/h3-4,8,12,15H,1-2,5-7,9-11H2. The minimum Gasteiger partial charge on any atom is -0.375 e. The van der Waals surface area contributed by atoms with Crippen molar-refractivity contribution < 1.29 is 4.74 Å². The van der Waals surface area contributed by atoms with Gasteiger partial charge in [0.05, 0.1) is 11.3 Å². The number of nitrogens with zero attached hydrogens (tertiary/aromatic N) is 2. The maximum atomic E-state index is 6.04. The van der Waals surface area contributed by atoms with E-state index in [1.807, 2.05) is 12.1 Å². The molecule has 1 aliphatic heterocycles. The molecule has 2 heterocycles. The molecule has 0 amide bonds. The molecule has 2 aliphatic rings. The molecule has 1 atom stereocenters. The second-order valence-electron chi connectivity index (χ2n) is 5.52. The van der Waals surface area contributed by atoms with Crippen molar-refractivity contribution in [2.75, 3.05) is 6.61 Å². The van der Waals surface area contributed by atoms with Crippen LogP contribution in [0.25, 0.3) is 0 Å². The Bertz CT molecular complexity index is 376. The fraction of sp³-hybridized carbons (Fsp3) is 0.714. The molecule has 3 rings (SSSR count). The summed E-state index contributed by atoms with van der Waals surface area (Å²) in [6, 6.07) is 4.52. The van der Waals surface area contributed by atoms with Crippen molar-refractivity contribution in [2.45, 2.75) is 56.7 Å². The normalized spacial score (nSPS) is 26.6. The van der Waals surface area contributed by atoms with E-state index in [0.717, 1.165) is 31.7 Å². The van der Waals surface area contributed by atoms with Crippen LogP contribution >= 0.6 is 0 Å². The topological polar surface area (TPSA) is 47.0 Å². The zero-order valence-corrected chi connectivity index (χ0v) is 10.8. The largest absolute Gasteiger partial charge is 0.375 e. The summed E-state index contributed by atoms with van der Waals surface area (Å²) in [6.07, 6.45) is 9.14. The Kier molecular flexibility index (Phi) is 3.57. The molecular formula is C14H21N3O. The van der Waals surface area contributed by atoms with Crippen LogP contribution in [0.1, 0.15) is 44.2 Å². The van der Waals surface area contributed by atoms with Crippen LogP contribution in [0.3, 0.4) is 0 Å². The second-order valence-corrected chi connectivity index (χ2v) is 5.52. The Morgan fingerprint density at radius 3 is 3.06 bits per heavy atom. The molecule has 0 radical (unpaired) electrons. The van der Waals surface area contributed by atoms with Gasteiger partial charge < -0.3 is 10.1 Å². The molecule has 1 aromatic rings. The Morgan fingerprint density at radius 1 is 1.39 bits per heavy atom. The number of hydrogen-bond donors (Lipinski definition) is 1. The number of ether oxygens (including phenoxy) is 1. The van der Waals surface area contributed by atoms with Gasteiger partial charge in [0.1, 0.15) is 0 Å². The van der Waals surface area contributed by atoms with Crippen molar-refractivity contribution in [3.63, 3.8) is 0 Å².